The number of carbonyl (C=O) groups is 1. The second kappa shape index (κ2) is 8.61. The molecule has 1 aliphatic rings. The van der Waals surface area contributed by atoms with Crippen molar-refractivity contribution in [3.05, 3.63) is 47.5 Å². The molecule has 1 heterocycles. The monoisotopic (exact) mass is 395 g/mol. The summed E-state index contributed by atoms with van der Waals surface area (Å²) in [6, 6.07) is 10.0. The third kappa shape index (κ3) is 4.35. The van der Waals surface area contributed by atoms with E-state index >= 15 is 0 Å². The van der Waals surface area contributed by atoms with Gasteiger partial charge in [-0.05, 0) is 0 Å². The van der Waals surface area contributed by atoms with E-state index in [9.17, 15) is 9.90 Å². The van der Waals surface area contributed by atoms with Gasteiger partial charge in [-0.2, -0.15) is 0 Å². The molecule has 0 saturated carbocycles. The molecule has 5 heteroatoms. The van der Waals surface area contributed by atoms with Crippen LogP contribution in [0.4, 0.5) is 0 Å². The normalized spacial score (nSPS) is 20.7. The molecule has 0 bridgehead atoms. The first-order chi connectivity index (χ1) is 11.5. The Morgan fingerprint density at radius 3 is 2.75 bits per heavy atom. The van der Waals surface area contributed by atoms with Crippen molar-refractivity contribution in [3.8, 4) is 0 Å². The number of ether oxygens (including phenoxy) is 1. The van der Waals surface area contributed by atoms with Gasteiger partial charge in [0.1, 0.15) is 0 Å². The van der Waals surface area contributed by atoms with Gasteiger partial charge in [0.2, 0.25) is 0 Å². The van der Waals surface area contributed by atoms with Crippen molar-refractivity contribution >= 4 is 26.2 Å². The van der Waals surface area contributed by atoms with E-state index in [2.05, 4.69) is 15.6 Å². The number of hydrogen-bond acceptors (Lipinski definition) is 3. The summed E-state index contributed by atoms with van der Waals surface area (Å²) >= 11 is 2.84. The number of benzene rings is 1. The molecule has 24 heavy (non-hydrogen) atoms. The summed E-state index contributed by atoms with van der Waals surface area (Å²) < 4.78 is 6.08. The third-order valence-corrected chi connectivity index (χ3v) is 5.03. The molecule has 3 atom stereocenters. The van der Waals surface area contributed by atoms with E-state index in [1.807, 2.05) is 50.3 Å². The molecule has 1 aromatic carbocycles. The first kappa shape index (κ1) is 18.9. The van der Waals surface area contributed by atoms with Crippen LogP contribution in [0.3, 0.4) is 0 Å². The van der Waals surface area contributed by atoms with Crippen molar-refractivity contribution in [1.82, 2.24) is 4.90 Å². The van der Waals surface area contributed by atoms with Gasteiger partial charge in [0.15, 0.2) is 0 Å². The molecule has 1 amide bonds. The molecule has 1 fully saturated rings. The maximum absolute atomic E-state index is 12.9. The fourth-order valence-corrected chi connectivity index (χ4v) is 3.60. The minimum absolute atomic E-state index is 0.0544. The van der Waals surface area contributed by atoms with Crippen molar-refractivity contribution in [3.63, 3.8) is 0 Å². The second-order valence-corrected chi connectivity index (χ2v) is 6.95. The van der Waals surface area contributed by atoms with Crippen LogP contribution in [0, 0.1) is 5.92 Å². The number of allylic oxidation sites excluding steroid dienone is 1. The Hall–Kier alpha value is -1.42. The molecule has 4 nitrogen and oxygen atoms in total. The van der Waals surface area contributed by atoms with Crippen LogP contribution in [0.25, 0.3) is 0 Å². The molecular weight excluding hydrogens is 369 g/mol. The van der Waals surface area contributed by atoms with E-state index in [-0.39, 0.29) is 11.9 Å². The van der Waals surface area contributed by atoms with Crippen molar-refractivity contribution < 1.29 is 14.6 Å². The Kier molecular flexibility index (Phi) is 6.78. The predicted molar refractivity (Wildman–Crippen MR) is 96.7 cm³/mol. The van der Waals surface area contributed by atoms with Crippen LogP contribution in [0.2, 0.25) is 0 Å². The zero-order valence-electron chi connectivity index (χ0n) is 14.4. The third-order valence-electron chi connectivity index (χ3n) is 4.37. The molecule has 0 aromatic heterocycles. The van der Waals surface area contributed by atoms with Crippen LogP contribution in [0.5, 0.6) is 0 Å². The number of carbonyl (C=O) groups excluding carboxylic acids is 1. The van der Waals surface area contributed by atoms with Crippen molar-refractivity contribution in [2.75, 3.05) is 6.61 Å². The molecule has 1 aliphatic heterocycles. The fraction of sp³-hybridized carbons (Fsp3) is 0.474. The van der Waals surface area contributed by atoms with E-state index in [0.717, 1.165) is 24.0 Å². The van der Waals surface area contributed by atoms with Crippen LogP contribution >= 0.6 is 0 Å². The van der Waals surface area contributed by atoms with Crippen LogP contribution in [0.1, 0.15) is 32.8 Å². The molecule has 1 aromatic rings. The molecule has 2 unspecified atom stereocenters. The second-order valence-electron chi connectivity index (χ2n) is 6.22. The van der Waals surface area contributed by atoms with Crippen LogP contribution in [-0.2, 0) is 16.0 Å². The van der Waals surface area contributed by atoms with E-state index in [1.165, 1.54) is 0 Å². The van der Waals surface area contributed by atoms with Gasteiger partial charge >= 0.3 is 152 Å². The molecule has 0 radical (unpaired) electrons. The molecule has 130 valence electrons. The van der Waals surface area contributed by atoms with Gasteiger partial charge < -0.3 is 0 Å². The summed E-state index contributed by atoms with van der Waals surface area (Å²) in [7, 11) is 0. The zero-order chi connectivity index (χ0) is 17.7. The van der Waals surface area contributed by atoms with Crippen molar-refractivity contribution in [2.24, 2.45) is 5.92 Å². The minimum atomic E-state index is -0.775. The number of rotatable bonds is 6. The quantitative estimate of drug-likeness (QED) is 0.594. The van der Waals surface area contributed by atoms with E-state index in [0.29, 0.717) is 11.3 Å². The summed E-state index contributed by atoms with van der Waals surface area (Å²) in [5.41, 5.74) is 1.99. The molecular formula is C19H25NO3Se. The van der Waals surface area contributed by atoms with Crippen molar-refractivity contribution in [1.29, 1.82) is 0 Å². The SMILES string of the molecule is CCC=C(C)C(O)C(C)C(=O)N1C(=[Se])OC[C@@H]1Cc1ccccc1. The topological polar surface area (TPSA) is 49.8 Å². The van der Waals surface area contributed by atoms with Gasteiger partial charge in [0, 0.05) is 0 Å². The predicted octanol–water partition coefficient (Wildman–Crippen LogP) is 2.07. The molecule has 0 aliphatic carbocycles. The Morgan fingerprint density at radius 1 is 1.46 bits per heavy atom. The van der Waals surface area contributed by atoms with Crippen LogP contribution in [-0.4, -0.2) is 55.0 Å². The van der Waals surface area contributed by atoms with Gasteiger partial charge in [-0.3, -0.25) is 0 Å². The summed E-state index contributed by atoms with van der Waals surface area (Å²) in [5, 5.41) is 10.4. The molecule has 2 rings (SSSR count). The maximum atomic E-state index is 12.9. The van der Waals surface area contributed by atoms with Crippen LogP contribution < -0.4 is 0 Å². The van der Waals surface area contributed by atoms with Gasteiger partial charge in [-0.25, -0.2) is 0 Å². The first-order valence-electron chi connectivity index (χ1n) is 8.34. The molecule has 0 spiro atoms. The number of aliphatic hydroxyl groups excluding tert-OH is 1. The Labute approximate surface area is 151 Å². The Bertz CT molecular complexity index is 614. The van der Waals surface area contributed by atoms with E-state index in [4.69, 9.17) is 4.74 Å². The van der Waals surface area contributed by atoms with Gasteiger partial charge in [0.25, 0.3) is 0 Å². The summed E-state index contributed by atoms with van der Waals surface area (Å²) in [6.07, 6.45) is 2.75. The Balaban J connectivity index is 2.13. The van der Waals surface area contributed by atoms with Crippen LogP contribution in [0.15, 0.2) is 42.0 Å². The number of aliphatic hydroxyl groups is 1. The van der Waals surface area contributed by atoms with Crippen molar-refractivity contribution in [2.45, 2.75) is 45.8 Å². The number of amides is 1. The number of nitrogens with zero attached hydrogens (tertiary/aromatic N) is 1. The summed E-state index contributed by atoms with van der Waals surface area (Å²) in [4.78, 5) is 14.6. The van der Waals surface area contributed by atoms with E-state index in [1.54, 1.807) is 11.8 Å². The summed E-state index contributed by atoms with van der Waals surface area (Å²) in [5.74, 6) is -0.630. The van der Waals surface area contributed by atoms with Gasteiger partial charge in [-0.15, -0.1) is 0 Å². The van der Waals surface area contributed by atoms with Gasteiger partial charge in [-0.1, -0.05) is 0 Å². The molecule has 1 N–H and O–H groups in total. The Morgan fingerprint density at radius 2 is 2.12 bits per heavy atom. The first-order valence-corrected chi connectivity index (χ1v) is 9.19. The number of hydrogen-bond donors (Lipinski definition) is 1. The summed E-state index contributed by atoms with van der Waals surface area (Å²) in [6.45, 7) is 6.11. The average molecular weight is 394 g/mol. The van der Waals surface area contributed by atoms with Gasteiger partial charge in [0.05, 0.1) is 0 Å². The fourth-order valence-electron chi connectivity index (χ4n) is 2.96. The molecule has 1 saturated heterocycles. The average Bonchev–Trinajstić information content (AvgIpc) is 2.94. The zero-order valence-corrected chi connectivity index (χ0v) is 16.1. The standard InChI is InChI=1S/C19H25NO3Se/c1-4-8-13(2)17(21)14(3)18(22)20-16(12-23-19(20)24)11-15-9-6-5-7-10-15/h5-10,14,16-17,21H,4,11-12H2,1-3H3/t14?,16-,17?/m0/s1. The van der Waals surface area contributed by atoms with E-state index < -0.39 is 12.0 Å².